The number of aromatic nitrogens is 2. The van der Waals surface area contributed by atoms with E-state index >= 15 is 0 Å². The minimum atomic E-state index is -1.07. The van der Waals surface area contributed by atoms with Crippen molar-refractivity contribution in [2.75, 3.05) is 0 Å². The van der Waals surface area contributed by atoms with Gasteiger partial charge in [0.15, 0.2) is 5.69 Å². The summed E-state index contributed by atoms with van der Waals surface area (Å²) in [7, 11) is 1.66. The van der Waals surface area contributed by atoms with Crippen LogP contribution in [0.5, 0.6) is 0 Å². The molecule has 1 heterocycles. The number of benzene rings is 1. The normalized spacial score (nSPS) is 11.0. The summed E-state index contributed by atoms with van der Waals surface area (Å²) in [6, 6.07) is 5.80. The summed E-state index contributed by atoms with van der Waals surface area (Å²) in [4.78, 5) is 15.7. The minimum Gasteiger partial charge on any atom is -0.477 e. The molecule has 2 aromatic rings. The van der Waals surface area contributed by atoms with E-state index in [1.165, 1.54) is 12.1 Å². The zero-order valence-corrected chi connectivity index (χ0v) is 11.0. The molecule has 0 saturated carbocycles. The van der Waals surface area contributed by atoms with Gasteiger partial charge < -0.3 is 9.67 Å². The summed E-state index contributed by atoms with van der Waals surface area (Å²) in [6.07, 6.45) is 0. The molecular formula is C14H15FN2O2. The number of hydrogen-bond acceptors (Lipinski definition) is 2. The number of halogens is 1. The predicted octanol–water partition coefficient (Wildman–Crippen LogP) is 3.05. The molecule has 4 nitrogen and oxygen atoms in total. The number of carboxylic acids is 1. The van der Waals surface area contributed by atoms with Gasteiger partial charge in [-0.15, -0.1) is 0 Å². The highest BCUT2D eigenvalue weighted by atomic mass is 19.1. The lowest BCUT2D eigenvalue weighted by Crippen LogP contribution is -2.08. The van der Waals surface area contributed by atoms with Crippen LogP contribution < -0.4 is 0 Å². The first-order valence-electron chi connectivity index (χ1n) is 5.97. The monoisotopic (exact) mass is 262 g/mol. The number of nitrogens with zero attached hydrogens (tertiary/aromatic N) is 2. The molecule has 1 aromatic heterocycles. The summed E-state index contributed by atoms with van der Waals surface area (Å²) < 4.78 is 14.8. The van der Waals surface area contributed by atoms with Gasteiger partial charge in [-0.25, -0.2) is 14.2 Å². The van der Waals surface area contributed by atoms with E-state index in [-0.39, 0.29) is 11.6 Å². The Labute approximate surface area is 110 Å². The second kappa shape index (κ2) is 4.84. The second-order valence-corrected chi connectivity index (χ2v) is 4.70. The summed E-state index contributed by atoms with van der Waals surface area (Å²) >= 11 is 0. The molecule has 0 unspecified atom stereocenters. The molecule has 1 N–H and O–H groups in total. The summed E-state index contributed by atoms with van der Waals surface area (Å²) in [5, 5.41) is 9.32. The first-order valence-corrected chi connectivity index (χ1v) is 5.97. The van der Waals surface area contributed by atoms with E-state index in [9.17, 15) is 14.3 Å². The predicted molar refractivity (Wildman–Crippen MR) is 69.7 cm³/mol. The maximum atomic E-state index is 13.3. The molecule has 0 bridgehead atoms. The molecule has 100 valence electrons. The van der Waals surface area contributed by atoms with E-state index in [4.69, 9.17) is 0 Å². The van der Waals surface area contributed by atoms with E-state index in [0.29, 0.717) is 17.1 Å². The molecule has 2 rings (SSSR count). The zero-order chi connectivity index (χ0) is 14.2. The quantitative estimate of drug-likeness (QED) is 0.924. The smallest absolute Gasteiger partial charge is 0.354 e. The van der Waals surface area contributed by atoms with Crippen molar-refractivity contribution in [3.63, 3.8) is 0 Å². The molecule has 0 fully saturated rings. The topological polar surface area (TPSA) is 55.1 Å². The third-order valence-electron chi connectivity index (χ3n) is 2.95. The lowest BCUT2D eigenvalue weighted by molar-refractivity contribution is 0.0687. The van der Waals surface area contributed by atoms with Crippen molar-refractivity contribution in [3.05, 3.63) is 41.6 Å². The summed E-state index contributed by atoms with van der Waals surface area (Å²) in [6.45, 7) is 3.87. The van der Waals surface area contributed by atoms with Crippen LogP contribution >= 0.6 is 0 Å². The van der Waals surface area contributed by atoms with Gasteiger partial charge in [-0.3, -0.25) is 0 Å². The third kappa shape index (κ3) is 2.36. The average molecular weight is 262 g/mol. The average Bonchev–Trinajstić information content (AvgIpc) is 2.67. The Balaban J connectivity index is 2.69. The largest absolute Gasteiger partial charge is 0.477 e. The van der Waals surface area contributed by atoms with Crippen molar-refractivity contribution < 1.29 is 14.3 Å². The van der Waals surface area contributed by atoms with Gasteiger partial charge in [-0.2, -0.15) is 0 Å². The molecular weight excluding hydrogens is 247 g/mol. The Morgan fingerprint density at radius 2 is 2.11 bits per heavy atom. The lowest BCUT2D eigenvalue weighted by Gasteiger charge is -2.05. The van der Waals surface area contributed by atoms with Crippen molar-refractivity contribution in [1.82, 2.24) is 9.55 Å². The molecule has 0 atom stereocenters. The van der Waals surface area contributed by atoms with Gasteiger partial charge in [0.1, 0.15) is 17.3 Å². The van der Waals surface area contributed by atoms with Crippen LogP contribution in [-0.4, -0.2) is 20.6 Å². The fourth-order valence-corrected chi connectivity index (χ4v) is 2.11. The number of rotatable bonds is 3. The number of hydrogen-bond donors (Lipinski definition) is 1. The molecule has 0 aliphatic rings. The standard InChI is InChI=1S/C14H15FN2O2/c1-8(2)13-16-11(12(14(18)19)17(13)3)9-5-4-6-10(15)7-9/h4-8H,1-3H3,(H,18,19). The molecule has 5 heteroatoms. The van der Waals surface area contributed by atoms with Crippen molar-refractivity contribution >= 4 is 5.97 Å². The van der Waals surface area contributed by atoms with Gasteiger partial charge in [0.25, 0.3) is 0 Å². The summed E-state index contributed by atoms with van der Waals surface area (Å²) in [5.74, 6) is -0.728. The van der Waals surface area contributed by atoms with Crippen molar-refractivity contribution in [3.8, 4) is 11.3 Å². The minimum absolute atomic E-state index is 0.0781. The highest BCUT2D eigenvalue weighted by molar-refractivity contribution is 5.93. The van der Waals surface area contributed by atoms with Crippen molar-refractivity contribution in [1.29, 1.82) is 0 Å². The van der Waals surface area contributed by atoms with E-state index in [1.807, 2.05) is 13.8 Å². The fourth-order valence-electron chi connectivity index (χ4n) is 2.11. The van der Waals surface area contributed by atoms with Gasteiger partial charge in [-0.05, 0) is 12.1 Å². The molecule has 0 radical (unpaired) electrons. The molecule has 0 spiro atoms. The van der Waals surface area contributed by atoms with Crippen LogP contribution in [0.3, 0.4) is 0 Å². The Morgan fingerprint density at radius 1 is 1.42 bits per heavy atom. The van der Waals surface area contributed by atoms with Crippen LogP contribution in [0.4, 0.5) is 4.39 Å². The molecule has 1 aromatic carbocycles. The van der Waals surface area contributed by atoms with Crippen LogP contribution in [0.15, 0.2) is 24.3 Å². The molecule has 19 heavy (non-hydrogen) atoms. The van der Waals surface area contributed by atoms with E-state index in [1.54, 1.807) is 23.7 Å². The third-order valence-corrected chi connectivity index (χ3v) is 2.95. The zero-order valence-electron chi connectivity index (χ0n) is 11.0. The molecule has 0 aliphatic carbocycles. The first-order chi connectivity index (χ1) is 8.91. The Hall–Kier alpha value is -2.17. The number of aromatic carboxylic acids is 1. The van der Waals surface area contributed by atoms with Crippen LogP contribution in [0.1, 0.15) is 36.1 Å². The van der Waals surface area contributed by atoms with Crippen molar-refractivity contribution in [2.45, 2.75) is 19.8 Å². The highest BCUT2D eigenvalue weighted by Crippen LogP contribution is 2.27. The Morgan fingerprint density at radius 3 is 2.63 bits per heavy atom. The maximum absolute atomic E-state index is 13.3. The number of carboxylic acid groups (broad SMARTS) is 1. The Kier molecular flexibility index (Phi) is 3.38. The fraction of sp³-hybridized carbons (Fsp3) is 0.286. The molecule has 0 amide bonds. The van der Waals surface area contributed by atoms with Gasteiger partial charge in [0, 0.05) is 18.5 Å². The number of imidazole rings is 1. The van der Waals surface area contributed by atoms with E-state index < -0.39 is 11.8 Å². The lowest BCUT2D eigenvalue weighted by atomic mass is 10.1. The Bertz CT molecular complexity index is 632. The second-order valence-electron chi connectivity index (χ2n) is 4.70. The van der Waals surface area contributed by atoms with Crippen molar-refractivity contribution in [2.24, 2.45) is 7.05 Å². The van der Waals surface area contributed by atoms with Crippen LogP contribution in [0.25, 0.3) is 11.3 Å². The maximum Gasteiger partial charge on any atom is 0.354 e. The van der Waals surface area contributed by atoms with E-state index in [2.05, 4.69) is 4.98 Å². The van der Waals surface area contributed by atoms with Crippen LogP contribution in [0.2, 0.25) is 0 Å². The van der Waals surface area contributed by atoms with Crippen LogP contribution in [-0.2, 0) is 7.05 Å². The summed E-state index contributed by atoms with van der Waals surface area (Å²) in [5.41, 5.74) is 0.854. The molecule has 0 aliphatic heterocycles. The van der Waals surface area contributed by atoms with E-state index in [0.717, 1.165) is 0 Å². The van der Waals surface area contributed by atoms with Gasteiger partial charge >= 0.3 is 5.97 Å². The SMILES string of the molecule is CC(C)c1nc(-c2cccc(F)c2)c(C(=O)O)n1C. The van der Waals surface area contributed by atoms with Gasteiger partial charge in [-0.1, -0.05) is 26.0 Å². The van der Waals surface area contributed by atoms with Crippen LogP contribution in [0, 0.1) is 5.82 Å². The van der Waals surface area contributed by atoms with Gasteiger partial charge in [0.2, 0.25) is 0 Å². The highest BCUT2D eigenvalue weighted by Gasteiger charge is 2.23. The number of carbonyl (C=O) groups is 1. The molecule has 0 saturated heterocycles. The van der Waals surface area contributed by atoms with Gasteiger partial charge in [0.05, 0.1) is 0 Å². The first kappa shape index (κ1) is 13.3.